The highest BCUT2D eigenvalue weighted by atomic mass is 127. The Balaban J connectivity index is 3.29. The molecular weight excluding hydrogens is 375 g/mol. The molecule has 0 N–H and O–H groups in total. The maximum absolute atomic E-state index is 11.7. The van der Waals surface area contributed by atoms with Crippen molar-refractivity contribution in [3.05, 3.63) is 41.5 Å². The van der Waals surface area contributed by atoms with Gasteiger partial charge in [-0.2, -0.15) is 0 Å². The monoisotopic (exact) mass is 388 g/mol. The maximum Gasteiger partial charge on any atom is 0.324 e. The van der Waals surface area contributed by atoms with Gasteiger partial charge in [0, 0.05) is 28.2 Å². The minimum atomic E-state index is -1.38. The highest BCUT2D eigenvalue weighted by Gasteiger charge is 2.35. The van der Waals surface area contributed by atoms with Gasteiger partial charge in [0.1, 0.15) is 0 Å². The quantitative estimate of drug-likeness (QED) is 0.254. The van der Waals surface area contributed by atoms with Crippen LogP contribution in [0.3, 0.4) is 0 Å². The molecule has 0 aliphatic carbocycles. The van der Waals surface area contributed by atoms with Crippen LogP contribution in [0.5, 0.6) is 0 Å². The molecule has 1 rings (SSSR count). The average Bonchev–Trinajstić information content (AvgIpc) is 2.46. The molecule has 0 unspecified atom stereocenters. The molecule has 0 spiro atoms. The lowest BCUT2D eigenvalue weighted by Crippen LogP contribution is -2.30. The summed E-state index contributed by atoms with van der Waals surface area (Å²) in [5.74, 6) is -3.04. The van der Waals surface area contributed by atoms with Crippen molar-refractivity contribution >= 4 is 44.4 Å². The Labute approximate surface area is 130 Å². The highest BCUT2D eigenvalue weighted by molar-refractivity contribution is 14.1. The van der Waals surface area contributed by atoms with Crippen LogP contribution in [-0.2, 0) is 23.9 Å². The topological polar surface area (TPSA) is 69.7 Å². The van der Waals surface area contributed by atoms with Gasteiger partial charge in [-0.15, -0.1) is 0 Å². The third-order valence-electron chi connectivity index (χ3n) is 2.53. The fraction of sp³-hybridized carbons (Fsp3) is 0.214. The zero-order valence-corrected chi connectivity index (χ0v) is 13.1. The smallest absolute Gasteiger partial charge is 0.324 e. The first-order valence-corrected chi connectivity index (χ1v) is 6.71. The molecule has 6 heteroatoms. The van der Waals surface area contributed by atoms with Crippen LogP contribution in [0.2, 0.25) is 0 Å². The van der Waals surface area contributed by atoms with Crippen molar-refractivity contribution in [1.29, 1.82) is 0 Å². The standard InChI is InChI=1S/C14H13IO5/c1-19-13(17)11(14(18)20-2)10(12(15)16)8-9-6-4-3-5-7-9/h3-8,11H,1-2H3/b10-8+. The van der Waals surface area contributed by atoms with Gasteiger partial charge in [-0.25, -0.2) is 0 Å². The predicted molar refractivity (Wildman–Crippen MR) is 81.0 cm³/mol. The Morgan fingerprint density at radius 3 is 1.95 bits per heavy atom. The van der Waals surface area contributed by atoms with E-state index in [1.807, 2.05) is 6.07 Å². The van der Waals surface area contributed by atoms with Crippen LogP contribution in [0.15, 0.2) is 35.9 Å². The molecule has 0 saturated carbocycles. The summed E-state index contributed by atoms with van der Waals surface area (Å²) < 4.78 is 8.71. The summed E-state index contributed by atoms with van der Waals surface area (Å²) in [6.45, 7) is 0. The Bertz CT molecular complexity index is 520. The average molecular weight is 388 g/mol. The maximum atomic E-state index is 11.7. The lowest BCUT2D eigenvalue weighted by molar-refractivity contribution is -0.157. The molecule has 0 aliphatic heterocycles. The van der Waals surface area contributed by atoms with Crippen molar-refractivity contribution < 1.29 is 23.9 Å². The second-order valence-corrected chi connectivity index (χ2v) is 4.74. The third kappa shape index (κ3) is 4.16. The Kier molecular flexibility index (Phi) is 6.37. The predicted octanol–water partition coefficient (Wildman–Crippen LogP) is 1.99. The zero-order valence-electron chi connectivity index (χ0n) is 11.0. The van der Waals surface area contributed by atoms with Gasteiger partial charge >= 0.3 is 11.9 Å². The summed E-state index contributed by atoms with van der Waals surface area (Å²) in [5.41, 5.74) is 0.723. The molecule has 106 valence electrons. The van der Waals surface area contributed by atoms with Crippen molar-refractivity contribution in [3.63, 3.8) is 0 Å². The molecule has 0 aromatic heterocycles. The van der Waals surface area contributed by atoms with E-state index in [-0.39, 0.29) is 5.57 Å². The van der Waals surface area contributed by atoms with Gasteiger partial charge in [0.2, 0.25) is 3.79 Å². The largest absolute Gasteiger partial charge is 0.468 e. The Hall–Kier alpha value is -1.70. The molecule has 0 heterocycles. The van der Waals surface area contributed by atoms with E-state index in [9.17, 15) is 14.4 Å². The number of methoxy groups -OCH3 is 2. The fourth-order valence-corrected chi connectivity index (χ4v) is 2.04. The van der Waals surface area contributed by atoms with E-state index < -0.39 is 21.6 Å². The number of carbonyl (C=O) groups is 3. The van der Waals surface area contributed by atoms with Crippen LogP contribution in [-0.4, -0.2) is 29.9 Å². The number of esters is 2. The first-order chi connectivity index (χ1) is 9.51. The van der Waals surface area contributed by atoms with Gasteiger partial charge in [-0.3, -0.25) is 14.4 Å². The fourth-order valence-electron chi connectivity index (χ4n) is 1.57. The third-order valence-corrected chi connectivity index (χ3v) is 3.16. The summed E-state index contributed by atoms with van der Waals surface area (Å²) in [7, 11) is 2.30. The first-order valence-electron chi connectivity index (χ1n) is 5.63. The van der Waals surface area contributed by atoms with Crippen molar-refractivity contribution in [2.24, 2.45) is 5.92 Å². The minimum Gasteiger partial charge on any atom is -0.468 e. The molecule has 0 bridgehead atoms. The van der Waals surface area contributed by atoms with Gasteiger partial charge in [0.05, 0.1) is 14.2 Å². The van der Waals surface area contributed by atoms with Gasteiger partial charge in [-0.1, -0.05) is 30.3 Å². The summed E-state index contributed by atoms with van der Waals surface area (Å²) in [5, 5.41) is 0. The van der Waals surface area contributed by atoms with Gasteiger partial charge in [-0.05, 0) is 11.6 Å². The molecular formula is C14H13IO5. The summed E-state index contributed by atoms with van der Waals surface area (Å²) in [6.07, 6.45) is 1.48. The number of carbonyl (C=O) groups excluding carboxylic acids is 3. The Morgan fingerprint density at radius 1 is 1.05 bits per heavy atom. The van der Waals surface area contributed by atoms with E-state index >= 15 is 0 Å². The van der Waals surface area contributed by atoms with Gasteiger partial charge in [0.15, 0.2) is 5.92 Å². The molecule has 0 fully saturated rings. The molecule has 0 radical (unpaired) electrons. The molecule has 0 saturated heterocycles. The number of rotatable bonds is 5. The van der Waals surface area contributed by atoms with E-state index in [1.54, 1.807) is 24.3 Å². The molecule has 1 aromatic rings. The lowest BCUT2D eigenvalue weighted by Gasteiger charge is -2.13. The molecule has 0 aliphatic rings. The van der Waals surface area contributed by atoms with E-state index in [0.717, 1.165) is 14.2 Å². The SMILES string of the molecule is COC(=O)C(C(=O)OC)/C(=C\c1ccccc1)C(=O)I. The second kappa shape index (κ2) is 7.78. The van der Waals surface area contributed by atoms with Crippen molar-refractivity contribution in [1.82, 2.24) is 0 Å². The number of hydrogen-bond donors (Lipinski definition) is 0. The van der Waals surface area contributed by atoms with E-state index in [4.69, 9.17) is 0 Å². The molecule has 20 heavy (non-hydrogen) atoms. The van der Waals surface area contributed by atoms with Crippen LogP contribution >= 0.6 is 22.6 Å². The summed E-state index contributed by atoms with van der Waals surface area (Å²) in [4.78, 5) is 35.2. The first kappa shape index (κ1) is 16.4. The van der Waals surface area contributed by atoms with Crippen LogP contribution in [0.1, 0.15) is 5.56 Å². The Morgan fingerprint density at radius 2 is 1.55 bits per heavy atom. The molecule has 5 nitrogen and oxygen atoms in total. The van der Waals surface area contributed by atoms with Crippen LogP contribution < -0.4 is 0 Å². The van der Waals surface area contributed by atoms with Crippen molar-refractivity contribution in [3.8, 4) is 0 Å². The van der Waals surface area contributed by atoms with Crippen LogP contribution in [0.4, 0.5) is 0 Å². The minimum absolute atomic E-state index is 0.0236. The van der Waals surface area contributed by atoms with Crippen LogP contribution in [0.25, 0.3) is 6.08 Å². The van der Waals surface area contributed by atoms with E-state index in [2.05, 4.69) is 9.47 Å². The number of hydrogen-bond acceptors (Lipinski definition) is 5. The van der Waals surface area contributed by atoms with Crippen molar-refractivity contribution in [2.75, 3.05) is 14.2 Å². The molecule has 1 aromatic carbocycles. The lowest BCUT2D eigenvalue weighted by atomic mass is 9.98. The zero-order chi connectivity index (χ0) is 15.1. The van der Waals surface area contributed by atoms with Gasteiger partial charge < -0.3 is 9.47 Å². The molecule has 0 amide bonds. The highest BCUT2D eigenvalue weighted by Crippen LogP contribution is 2.22. The van der Waals surface area contributed by atoms with E-state index in [1.165, 1.54) is 28.7 Å². The van der Waals surface area contributed by atoms with Crippen molar-refractivity contribution in [2.45, 2.75) is 0 Å². The number of halogens is 1. The van der Waals surface area contributed by atoms with Gasteiger partial charge in [0.25, 0.3) is 0 Å². The number of benzene rings is 1. The summed E-state index contributed by atoms with van der Waals surface area (Å²) >= 11 is 1.52. The van der Waals surface area contributed by atoms with Crippen LogP contribution in [0, 0.1) is 5.92 Å². The number of ether oxygens (including phenoxy) is 2. The van der Waals surface area contributed by atoms with E-state index in [0.29, 0.717) is 5.56 Å². The summed E-state index contributed by atoms with van der Waals surface area (Å²) in [6, 6.07) is 8.90. The second-order valence-electron chi connectivity index (χ2n) is 3.76. The normalized spacial score (nSPS) is 11.1. The molecule has 0 atom stereocenters.